The van der Waals surface area contributed by atoms with Crippen LogP contribution in [0.2, 0.25) is 0 Å². The Morgan fingerprint density at radius 2 is 1.78 bits per heavy atom. The second kappa shape index (κ2) is 8.10. The zero-order valence-electron chi connectivity index (χ0n) is 15.5. The first-order valence-corrected chi connectivity index (χ1v) is 10.4. The van der Waals surface area contributed by atoms with Gasteiger partial charge in [0.1, 0.15) is 11.9 Å². The van der Waals surface area contributed by atoms with E-state index in [4.69, 9.17) is 4.74 Å². The zero-order valence-corrected chi connectivity index (χ0v) is 16.4. The summed E-state index contributed by atoms with van der Waals surface area (Å²) in [5, 5.41) is 1.26. The lowest BCUT2D eigenvalue weighted by Gasteiger charge is -2.30. The van der Waals surface area contributed by atoms with Gasteiger partial charge in [-0.15, -0.1) is 0 Å². The molecule has 7 heteroatoms. The first-order chi connectivity index (χ1) is 12.8. The summed E-state index contributed by atoms with van der Waals surface area (Å²) < 4.78 is 33.9. The van der Waals surface area contributed by atoms with Crippen LogP contribution < -0.4 is 10.3 Å². The van der Waals surface area contributed by atoms with Gasteiger partial charge in [0.15, 0.2) is 0 Å². The fourth-order valence-corrected chi connectivity index (χ4v) is 4.24. The Bertz CT molecular complexity index is 973. The number of hydrogen-bond donors (Lipinski definition) is 0. The number of ether oxygens (including phenoxy) is 1. The summed E-state index contributed by atoms with van der Waals surface area (Å²) in [7, 11) is -1.74. The molecule has 1 saturated heterocycles. The minimum absolute atomic E-state index is 0.0962. The third-order valence-electron chi connectivity index (χ3n) is 4.77. The monoisotopic (exact) mass is 388 g/mol. The van der Waals surface area contributed by atoms with Crippen LogP contribution in [0.1, 0.15) is 24.1 Å². The normalized spacial score (nSPS) is 16.7. The maximum Gasteiger partial charge on any atom is 0.254 e. The van der Waals surface area contributed by atoms with E-state index < -0.39 is 10.0 Å². The van der Waals surface area contributed by atoms with E-state index in [1.807, 2.05) is 43.3 Å². The maximum atomic E-state index is 12.5. The van der Waals surface area contributed by atoms with Crippen molar-refractivity contribution in [2.24, 2.45) is 7.05 Å². The van der Waals surface area contributed by atoms with Crippen LogP contribution in [-0.2, 0) is 17.1 Å². The van der Waals surface area contributed by atoms with Gasteiger partial charge in [0.05, 0.1) is 0 Å². The van der Waals surface area contributed by atoms with Crippen molar-refractivity contribution < 1.29 is 13.2 Å². The summed E-state index contributed by atoms with van der Waals surface area (Å²) in [6, 6.07) is 12.6. The van der Waals surface area contributed by atoms with Gasteiger partial charge in [0.25, 0.3) is 5.56 Å². The molecule has 1 fully saturated rings. The first kappa shape index (κ1) is 19.4. The van der Waals surface area contributed by atoms with E-state index in [0.29, 0.717) is 31.7 Å². The molecular weight excluding hydrogens is 364 g/mol. The van der Waals surface area contributed by atoms with E-state index in [2.05, 4.69) is 0 Å². The third kappa shape index (κ3) is 4.87. The molecule has 1 aliphatic rings. The van der Waals surface area contributed by atoms with E-state index in [1.54, 1.807) is 17.7 Å². The highest BCUT2D eigenvalue weighted by molar-refractivity contribution is 7.92. The van der Waals surface area contributed by atoms with E-state index in [-0.39, 0.29) is 11.7 Å². The van der Waals surface area contributed by atoms with Crippen LogP contribution in [0.15, 0.2) is 52.7 Å². The van der Waals surface area contributed by atoms with Crippen LogP contribution in [0.25, 0.3) is 6.08 Å². The Kier molecular flexibility index (Phi) is 5.82. The lowest BCUT2D eigenvalue weighted by Crippen LogP contribution is -2.41. The number of hydrogen-bond acceptors (Lipinski definition) is 4. The molecule has 144 valence electrons. The largest absolute Gasteiger partial charge is 0.490 e. The van der Waals surface area contributed by atoms with Crippen molar-refractivity contribution in [1.82, 2.24) is 8.87 Å². The summed E-state index contributed by atoms with van der Waals surface area (Å²) in [5.41, 5.74) is 1.56. The Morgan fingerprint density at radius 1 is 1.11 bits per heavy atom. The van der Waals surface area contributed by atoms with Gasteiger partial charge in [0.2, 0.25) is 10.0 Å². The number of rotatable bonds is 5. The predicted molar refractivity (Wildman–Crippen MR) is 106 cm³/mol. The van der Waals surface area contributed by atoms with Crippen molar-refractivity contribution in [2.75, 3.05) is 13.1 Å². The number of aryl methyl sites for hydroxylation is 1. The minimum Gasteiger partial charge on any atom is -0.490 e. The number of sulfonamides is 1. The lowest BCUT2D eigenvalue weighted by atomic mass is 10.1. The van der Waals surface area contributed by atoms with Gasteiger partial charge >= 0.3 is 0 Å². The molecule has 1 aliphatic heterocycles. The lowest BCUT2D eigenvalue weighted by molar-refractivity contribution is 0.135. The highest BCUT2D eigenvalue weighted by Crippen LogP contribution is 2.21. The molecule has 1 aromatic heterocycles. The van der Waals surface area contributed by atoms with Crippen molar-refractivity contribution in [3.63, 3.8) is 0 Å². The SMILES string of the molecule is Cc1cc(OC2CCN(S(=O)(=O)C=Cc3ccccc3)CC2)cc(=O)n1C. The summed E-state index contributed by atoms with van der Waals surface area (Å²) in [6.45, 7) is 2.65. The number of benzene rings is 1. The van der Waals surface area contributed by atoms with Gasteiger partial charge in [-0.1, -0.05) is 30.3 Å². The van der Waals surface area contributed by atoms with Crippen LogP contribution in [0.3, 0.4) is 0 Å². The Morgan fingerprint density at radius 3 is 2.41 bits per heavy atom. The molecule has 0 bridgehead atoms. The van der Waals surface area contributed by atoms with E-state index >= 15 is 0 Å². The highest BCUT2D eigenvalue weighted by atomic mass is 32.2. The van der Waals surface area contributed by atoms with Crippen LogP contribution in [0.4, 0.5) is 0 Å². The summed E-state index contributed by atoms with van der Waals surface area (Å²) in [6.07, 6.45) is 2.70. The second-order valence-electron chi connectivity index (χ2n) is 6.70. The maximum absolute atomic E-state index is 12.5. The summed E-state index contributed by atoms with van der Waals surface area (Å²) in [4.78, 5) is 11.9. The number of piperidine rings is 1. The molecule has 0 atom stereocenters. The fourth-order valence-electron chi connectivity index (χ4n) is 3.02. The van der Waals surface area contributed by atoms with Gasteiger partial charge in [-0.3, -0.25) is 4.79 Å². The predicted octanol–water partition coefficient (Wildman–Crippen LogP) is 2.54. The van der Waals surface area contributed by atoms with Crippen molar-refractivity contribution in [3.05, 3.63) is 69.5 Å². The van der Waals surface area contributed by atoms with Crippen LogP contribution in [0, 0.1) is 6.92 Å². The van der Waals surface area contributed by atoms with Crippen LogP contribution in [0.5, 0.6) is 5.75 Å². The van der Waals surface area contributed by atoms with Gasteiger partial charge in [-0.2, -0.15) is 4.31 Å². The summed E-state index contributed by atoms with van der Waals surface area (Å²) in [5.74, 6) is 0.542. The molecule has 0 N–H and O–H groups in total. The molecule has 6 nitrogen and oxygen atoms in total. The molecule has 0 amide bonds. The standard InChI is InChI=1S/C20H24N2O4S/c1-16-14-19(15-20(23)21(16)2)26-18-8-11-22(12-9-18)27(24,25)13-10-17-6-4-3-5-7-17/h3-7,10,13-15,18H,8-9,11-12H2,1-2H3. The van der Waals surface area contributed by atoms with Crippen molar-refractivity contribution in [1.29, 1.82) is 0 Å². The van der Waals surface area contributed by atoms with Crippen molar-refractivity contribution >= 4 is 16.1 Å². The van der Waals surface area contributed by atoms with Gasteiger partial charge in [-0.25, -0.2) is 8.42 Å². The minimum atomic E-state index is -3.45. The smallest absolute Gasteiger partial charge is 0.254 e. The molecule has 0 saturated carbocycles. The summed E-state index contributed by atoms with van der Waals surface area (Å²) >= 11 is 0. The van der Waals surface area contributed by atoms with E-state index in [1.165, 1.54) is 15.8 Å². The Balaban J connectivity index is 1.60. The van der Waals surface area contributed by atoms with Crippen molar-refractivity contribution in [2.45, 2.75) is 25.9 Å². The number of pyridine rings is 1. The molecule has 0 unspecified atom stereocenters. The number of aromatic nitrogens is 1. The molecule has 2 aromatic rings. The molecule has 3 rings (SSSR count). The van der Waals surface area contributed by atoms with Crippen LogP contribution >= 0.6 is 0 Å². The molecule has 0 aliphatic carbocycles. The van der Waals surface area contributed by atoms with Gasteiger partial charge in [0, 0.05) is 37.3 Å². The average molecular weight is 388 g/mol. The average Bonchev–Trinajstić information content (AvgIpc) is 2.66. The Hall–Kier alpha value is -2.38. The van der Waals surface area contributed by atoms with Gasteiger partial charge in [-0.05, 0) is 37.5 Å². The zero-order chi connectivity index (χ0) is 19.4. The van der Waals surface area contributed by atoms with Crippen molar-refractivity contribution in [3.8, 4) is 5.75 Å². The van der Waals surface area contributed by atoms with E-state index in [0.717, 1.165) is 11.3 Å². The number of nitrogens with zero attached hydrogens (tertiary/aromatic N) is 2. The molecule has 2 heterocycles. The highest BCUT2D eigenvalue weighted by Gasteiger charge is 2.27. The Labute approximate surface area is 159 Å². The second-order valence-corrected chi connectivity index (χ2v) is 8.52. The topological polar surface area (TPSA) is 68.6 Å². The first-order valence-electron chi connectivity index (χ1n) is 8.93. The molecule has 27 heavy (non-hydrogen) atoms. The molecule has 0 radical (unpaired) electrons. The van der Waals surface area contributed by atoms with Crippen LogP contribution in [-0.4, -0.2) is 36.5 Å². The van der Waals surface area contributed by atoms with Gasteiger partial charge < -0.3 is 9.30 Å². The third-order valence-corrected chi connectivity index (χ3v) is 6.34. The molecule has 0 spiro atoms. The molecule has 1 aromatic carbocycles. The quantitative estimate of drug-likeness (QED) is 0.789. The fraction of sp³-hybridized carbons (Fsp3) is 0.350. The van der Waals surface area contributed by atoms with E-state index in [9.17, 15) is 13.2 Å². The molecular formula is C20H24N2O4S.